The summed E-state index contributed by atoms with van der Waals surface area (Å²) in [5.74, 6) is 0.0443. The van der Waals surface area contributed by atoms with Crippen molar-refractivity contribution in [3.05, 3.63) is 47.5 Å². The van der Waals surface area contributed by atoms with E-state index in [4.69, 9.17) is 10.2 Å². The summed E-state index contributed by atoms with van der Waals surface area (Å²) in [7, 11) is 0. The summed E-state index contributed by atoms with van der Waals surface area (Å²) < 4.78 is 2.05. The highest BCUT2D eigenvalue weighted by atomic mass is 16.3. The minimum Gasteiger partial charge on any atom is -0.395 e. The van der Waals surface area contributed by atoms with Crippen molar-refractivity contribution >= 4 is 22.4 Å². The molecule has 1 aliphatic rings. The van der Waals surface area contributed by atoms with Gasteiger partial charge in [-0.3, -0.25) is 9.48 Å². The van der Waals surface area contributed by atoms with Gasteiger partial charge < -0.3 is 20.6 Å². The molecule has 0 bridgehead atoms. The lowest BCUT2D eigenvalue weighted by atomic mass is 9.86. The number of nitrogens with zero attached hydrogens (tertiary/aromatic N) is 3. The molecule has 2 aromatic carbocycles. The number of ketones is 1. The number of carbonyl (C=O) groups is 1. The van der Waals surface area contributed by atoms with Crippen LogP contribution in [0.5, 0.6) is 0 Å². The molecule has 164 valence electrons. The molecule has 0 spiro atoms. The molecule has 7 heteroatoms. The summed E-state index contributed by atoms with van der Waals surface area (Å²) in [6.45, 7) is 10.1. The summed E-state index contributed by atoms with van der Waals surface area (Å²) in [6, 6.07) is 11.8. The molecule has 31 heavy (non-hydrogen) atoms. The second-order valence-electron chi connectivity index (χ2n) is 7.76. The lowest BCUT2D eigenvalue weighted by Gasteiger charge is -2.19. The van der Waals surface area contributed by atoms with Crippen LogP contribution in [0.3, 0.4) is 0 Å². The Bertz CT molecular complexity index is 1070. The Morgan fingerprint density at radius 2 is 1.81 bits per heavy atom. The maximum absolute atomic E-state index is 13.5. The SMILES string of the molecule is CCN(CC)CCn1nc2c3c(cccc31)C(=O)c1c(NCCNCCO)cccc1-2. The number of fused-ring (bicyclic) bond motifs is 2. The van der Waals surface area contributed by atoms with E-state index in [2.05, 4.69) is 35.4 Å². The number of aliphatic hydroxyl groups is 1. The summed E-state index contributed by atoms with van der Waals surface area (Å²) in [4.78, 5) is 15.9. The number of rotatable bonds is 11. The zero-order valence-corrected chi connectivity index (χ0v) is 18.3. The second kappa shape index (κ2) is 9.60. The standard InChI is InChI=1S/C24H31N5O2/c1-3-28(4-2)14-15-29-20-10-6-8-18-22(20)23(27-29)17-7-5-9-19(21(17)24(18)31)26-12-11-25-13-16-30/h5-10,25-26,30H,3-4,11-16H2,1-2H3. The number of aromatic nitrogens is 2. The van der Waals surface area contributed by atoms with Gasteiger partial charge in [0, 0.05) is 48.4 Å². The Kier molecular flexibility index (Phi) is 6.65. The fourth-order valence-electron chi connectivity index (χ4n) is 4.32. The van der Waals surface area contributed by atoms with Crippen LogP contribution in [0.4, 0.5) is 5.69 Å². The van der Waals surface area contributed by atoms with Crippen molar-refractivity contribution in [2.75, 3.05) is 51.2 Å². The average molecular weight is 422 g/mol. The summed E-state index contributed by atoms with van der Waals surface area (Å²) >= 11 is 0. The first-order valence-corrected chi connectivity index (χ1v) is 11.1. The third-order valence-corrected chi connectivity index (χ3v) is 6.00. The molecule has 0 atom stereocenters. The molecular formula is C24H31N5O2. The van der Waals surface area contributed by atoms with Crippen LogP contribution in [0.2, 0.25) is 0 Å². The van der Waals surface area contributed by atoms with Crippen LogP contribution in [0.15, 0.2) is 36.4 Å². The van der Waals surface area contributed by atoms with Crippen LogP contribution in [0.1, 0.15) is 29.8 Å². The van der Waals surface area contributed by atoms with Crippen LogP contribution < -0.4 is 10.6 Å². The lowest BCUT2D eigenvalue weighted by Crippen LogP contribution is -2.27. The van der Waals surface area contributed by atoms with Crippen LogP contribution in [0, 0.1) is 0 Å². The number of hydrogen-bond donors (Lipinski definition) is 3. The molecule has 0 saturated heterocycles. The zero-order valence-electron chi connectivity index (χ0n) is 18.3. The lowest BCUT2D eigenvalue weighted by molar-refractivity contribution is 0.104. The Balaban J connectivity index is 1.69. The van der Waals surface area contributed by atoms with Gasteiger partial charge in [-0.15, -0.1) is 0 Å². The molecule has 1 heterocycles. The molecule has 0 amide bonds. The van der Waals surface area contributed by atoms with Crippen molar-refractivity contribution in [1.29, 1.82) is 0 Å². The van der Waals surface area contributed by atoms with Gasteiger partial charge in [0.05, 0.1) is 24.2 Å². The second-order valence-corrected chi connectivity index (χ2v) is 7.76. The van der Waals surface area contributed by atoms with Crippen molar-refractivity contribution in [3.8, 4) is 11.3 Å². The highest BCUT2D eigenvalue weighted by molar-refractivity contribution is 6.27. The number of benzene rings is 2. The number of hydrogen-bond acceptors (Lipinski definition) is 6. The number of nitrogens with one attached hydrogen (secondary N) is 2. The molecular weight excluding hydrogens is 390 g/mol. The van der Waals surface area contributed by atoms with Crippen molar-refractivity contribution < 1.29 is 9.90 Å². The van der Waals surface area contributed by atoms with Gasteiger partial charge in [-0.1, -0.05) is 38.1 Å². The third-order valence-electron chi connectivity index (χ3n) is 6.00. The topological polar surface area (TPSA) is 82.4 Å². The normalized spacial score (nSPS) is 12.6. The van der Waals surface area contributed by atoms with E-state index in [0.29, 0.717) is 25.2 Å². The highest BCUT2D eigenvalue weighted by Crippen LogP contribution is 2.41. The highest BCUT2D eigenvalue weighted by Gasteiger charge is 2.30. The van der Waals surface area contributed by atoms with Gasteiger partial charge in [0.15, 0.2) is 5.78 Å². The van der Waals surface area contributed by atoms with Gasteiger partial charge in [0.2, 0.25) is 0 Å². The van der Waals surface area contributed by atoms with E-state index in [9.17, 15) is 4.79 Å². The fraction of sp³-hybridized carbons (Fsp3) is 0.417. The van der Waals surface area contributed by atoms with Crippen LogP contribution >= 0.6 is 0 Å². The van der Waals surface area contributed by atoms with Crippen molar-refractivity contribution in [1.82, 2.24) is 20.0 Å². The summed E-state index contributed by atoms with van der Waals surface area (Å²) in [6.07, 6.45) is 0. The third kappa shape index (κ3) is 4.08. The van der Waals surface area contributed by atoms with Crippen molar-refractivity contribution in [2.45, 2.75) is 20.4 Å². The average Bonchev–Trinajstić information content (AvgIpc) is 3.17. The predicted octanol–water partition coefficient (Wildman–Crippen LogP) is 2.58. The minimum atomic E-state index is 0.0443. The molecule has 4 rings (SSSR count). The maximum atomic E-state index is 13.5. The van der Waals surface area contributed by atoms with Gasteiger partial charge in [0.25, 0.3) is 0 Å². The van der Waals surface area contributed by atoms with E-state index in [1.54, 1.807) is 0 Å². The van der Waals surface area contributed by atoms with Crippen molar-refractivity contribution in [2.24, 2.45) is 0 Å². The quantitative estimate of drug-likeness (QED) is 0.323. The predicted molar refractivity (Wildman–Crippen MR) is 125 cm³/mol. The number of carbonyl (C=O) groups excluding carboxylic acids is 1. The first-order chi connectivity index (χ1) is 15.2. The Morgan fingerprint density at radius 1 is 1.03 bits per heavy atom. The smallest absolute Gasteiger partial charge is 0.196 e. The van der Waals surface area contributed by atoms with Gasteiger partial charge in [-0.2, -0.15) is 5.10 Å². The van der Waals surface area contributed by atoms with E-state index in [1.165, 1.54) is 0 Å². The number of anilines is 1. The van der Waals surface area contributed by atoms with Crippen LogP contribution in [-0.4, -0.2) is 71.4 Å². The summed E-state index contributed by atoms with van der Waals surface area (Å²) in [5.41, 5.74) is 5.05. The minimum absolute atomic E-state index is 0.0443. The molecule has 0 radical (unpaired) electrons. The monoisotopic (exact) mass is 421 g/mol. The Labute approximate surface area is 183 Å². The first kappa shape index (κ1) is 21.5. The number of likely N-dealkylation sites (N-methyl/N-ethyl adjacent to an activating group) is 1. The molecule has 0 saturated carbocycles. The van der Waals surface area contributed by atoms with Crippen LogP contribution in [0.25, 0.3) is 22.2 Å². The van der Waals surface area contributed by atoms with Gasteiger partial charge in [-0.25, -0.2) is 0 Å². The van der Waals surface area contributed by atoms with E-state index in [0.717, 1.165) is 59.6 Å². The zero-order chi connectivity index (χ0) is 21.8. The van der Waals surface area contributed by atoms with Gasteiger partial charge in [0.1, 0.15) is 5.69 Å². The first-order valence-electron chi connectivity index (χ1n) is 11.1. The maximum Gasteiger partial charge on any atom is 0.196 e. The van der Waals surface area contributed by atoms with E-state index in [1.807, 2.05) is 35.0 Å². The Morgan fingerprint density at radius 3 is 2.58 bits per heavy atom. The van der Waals surface area contributed by atoms with Gasteiger partial charge >= 0.3 is 0 Å². The number of aliphatic hydroxyl groups excluding tert-OH is 1. The van der Waals surface area contributed by atoms with E-state index >= 15 is 0 Å². The van der Waals surface area contributed by atoms with Crippen LogP contribution in [-0.2, 0) is 6.54 Å². The molecule has 7 nitrogen and oxygen atoms in total. The Hall–Kier alpha value is -2.74. The van der Waals surface area contributed by atoms with E-state index in [-0.39, 0.29) is 12.4 Å². The van der Waals surface area contributed by atoms with E-state index < -0.39 is 0 Å². The molecule has 1 aromatic heterocycles. The fourth-order valence-corrected chi connectivity index (χ4v) is 4.32. The van der Waals surface area contributed by atoms with Crippen molar-refractivity contribution in [3.63, 3.8) is 0 Å². The molecule has 1 aliphatic carbocycles. The van der Waals surface area contributed by atoms with Gasteiger partial charge in [-0.05, 0) is 25.2 Å². The largest absolute Gasteiger partial charge is 0.395 e. The molecule has 0 unspecified atom stereocenters. The molecule has 3 aromatic rings. The molecule has 3 N–H and O–H groups in total. The molecule has 0 fully saturated rings. The summed E-state index contributed by atoms with van der Waals surface area (Å²) in [5, 5.41) is 21.4. The molecule has 0 aliphatic heterocycles.